The normalized spacial score (nSPS) is 16.3. The van der Waals surface area contributed by atoms with E-state index in [4.69, 9.17) is 14.0 Å². The lowest BCUT2D eigenvalue weighted by atomic mass is 9.94. The predicted molar refractivity (Wildman–Crippen MR) is 110 cm³/mol. The Bertz CT molecular complexity index is 1060. The first-order chi connectivity index (χ1) is 13.3. The highest BCUT2D eigenvalue weighted by atomic mass is 32.2. The Kier molecular flexibility index (Phi) is 4.79. The molecule has 0 amide bonds. The zero-order chi connectivity index (χ0) is 19.9. The van der Waals surface area contributed by atoms with Crippen LogP contribution in [-0.2, 0) is 24.0 Å². The fourth-order valence-electron chi connectivity index (χ4n) is 3.39. The molecule has 7 heteroatoms. The highest BCUT2D eigenvalue weighted by Crippen LogP contribution is 2.35. The van der Waals surface area contributed by atoms with Crippen molar-refractivity contribution >= 4 is 27.8 Å². The van der Waals surface area contributed by atoms with Crippen LogP contribution in [0.1, 0.15) is 37.0 Å². The van der Waals surface area contributed by atoms with Crippen LogP contribution in [0.5, 0.6) is 11.5 Å². The molecule has 0 radical (unpaired) electrons. The van der Waals surface area contributed by atoms with E-state index in [0.717, 1.165) is 40.9 Å². The Morgan fingerprint density at radius 1 is 1.29 bits per heavy atom. The molecule has 0 fully saturated rings. The Hall–Kier alpha value is -2.54. The van der Waals surface area contributed by atoms with Crippen molar-refractivity contribution in [2.45, 2.75) is 45.8 Å². The molecule has 1 atom stereocenters. The van der Waals surface area contributed by atoms with Crippen molar-refractivity contribution in [2.24, 2.45) is 0 Å². The van der Waals surface area contributed by atoms with E-state index in [1.54, 1.807) is 6.26 Å². The minimum Gasteiger partial charge on any atom is -0.489 e. The number of benzene rings is 2. The van der Waals surface area contributed by atoms with Gasteiger partial charge in [-0.25, -0.2) is 4.21 Å². The Morgan fingerprint density at radius 2 is 2.11 bits per heavy atom. The van der Waals surface area contributed by atoms with Crippen LogP contribution >= 0.6 is 0 Å². The highest BCUT2D eigenvalue weighted by molar-refractivity contribution is 7.85. The van der Waals surface area contributed by atoms with E-state index in [9.17, 15) is 4.21 Å². The van der Waals surface area contributed by atoms with Gasteiger partial charge in [0.2, 0.25) is 0 Å². The van der Waals surface area contributed by atoms with Gasteiger partial charge in [0.25, 0.3) is 0 Å². The topological polar surface area (TPSA) is 73.6 Å². The quantitative estimate of drug-likeness (QED) is 0.681. The molecule has 148 valence electrons. The summed E-state index contributed by atoms with van der Waals surface area (Å²) < 4.78 is 31.6. The second kappa shape index (κ2) is 7.13. The van der Waals surface area contributed by atoms with Crippen molar-refractivity contribution in [3.63, 3.8) is 0 Å². The van der Waals surface area contributed by atoms with Crippen molar-refractivity contribution in [1.82, 2.24) is 5.16 Å². The van der Waals surface area contributed by atoms with Crippen LogP contribution in [0.3, 0.4) is 0 Å². The van der Waals surface area contributed by atoms with E-state index in [-0.39, 0.29) is 5.60 Å². The molecule has 2 aromatic carbocycles. The number of anilines is 1. The molecule has 1 aliphatic heterocycles. The summed E-state index contributed by atoms with van der Waals surface area (Å²) in [4.78, 5) is 0. The van der Waals surface area contributed by atoms with Gasteiger partial charge in [0.1, 0.15) is 34.7 Å². The molecule has 0 saturated heterocycles. The fraction of sp³-hybridized carbons (Fsp3) is 0.381. The van der Waals surface area contributed by atoms with Crippen molar-refractivity contribution in [3.8, 4) is 11.5 Å². The molecule has 6 nitrogen and oxygen atoms in total. The minimum atomic E-state index is -1.21. The van der Waals surface area contributed by atoms with Gasteiger partial charge in [0.15, 0.2) is 11.4 Å². The zero-order valence-corrected chi connectivity index (χ0v) is 17.3. The number of aromatic nitrogens is 1. The van der Waals surface area contributed by atoms with Gasteiger partial charge in [0.05, 0.1) is 5.39 Å². The Balaban J connectivity index is 1.51. The second-order valence-corrected chi connectivity index (χ2v) is 8.89. The molecule has 28 heavy (non-hydrogen) atoms. The van der Waals surface area contributed by atoms with E-state index < -0.39 is 11.0 Å². The average molecular weight is 401 g/mol. The van der Waals surface area contributed by atoms with Crippen molar-refractivity contribution in [2.75, 3.05) is 11.0 Å². The van der Waals surface area contributed by atoms with Crippen molar-refractivity contribution in [1.29, 1.82) is 0 Å². The SMILES string of the molecule is Cc1cc2c(NS(C)=O)noc2cc1COc1ccc2c(c1)CCC(C)(C)O2. The molecule has 0 bridgehead atoms. The standard InChI is InChI=1S/C21H24N2O4S/c1-13-9-17-19(27-22-20(17)23-28(4)24)11-15(13)12-25-16-5-6-18-14(10-16)7-8-21(2,3)26-18/h5-6,9-11H,7-8,12H2,1-4H3,(H,22,23). The third kappa shape index (κ3) is 3.85. The number of hydrogen-bond donors (Lipinski definition) is 1. The van der Waals surface area contributed by atoms with Gasteiger partial charge in [-0.05, 0) is 80.6 Å². The Morgan fingerprint density at radius 3 is 2.89 bits per heavy atom. The Labute approximate surface area is 166 Å². The molecule has 4 rings (SSSR count). The predicted octanol–water partition coefficient (Wildman–Crippen LogP) is 4.52. The van der Waals surface area contributed by atoms with E-state index in [0.29, 0.717) is 18.0 Å². The van der Waals surface area contributed by atoms with Crippen LogP contribution in [0.4, 0.5) is 5.82 Å². The molecule has 1 aliphatic rings. The highest BCUT2D eigenvalue weighted by Gasteiger charge is 2.26. The summed E-state index contributed by atoms with van der Waals surface area (Å²) in [6.07, 6.45) is 3.53. The second-order valence-electron chi connectivity index (χ2n) is 7.78. The molecule has 1 N–H and O–H groups in total. The van der Waals surface area contributed by atoms with Crippen LogP contribution < -0.4 is 14.2 Å². The molecule has 1 unspecified atom stereocenters. The maximum atomic E-state index is 11.4. The monoisotopic (exact) mass is 400 g/mol. The maximum Gasteiger partial charge on any atom is 0.189 e. The molecular formula is C21H24N2O4S. The largest absolute Gasteiger partial charge is 0.489 e. The van der Waals surface area contributed by atoms with E-state index in [2.05, 4.69) is 29.8 Å². The summed E-state index contributed by atoms with van der Waals surface area (Å²) in [7, 11) is -1.21. The van der Waals surface area contributed by atoms with E-state index >= 15 is 0 Å². The molecule has 1 aromatic heterocycles. The van der Waals surface area contributed by atoms with Crippen LogP contribution in [0, 0.1) is 6.92 Å². The first-order valence-corrected chi connectivity index (χ1v) is 10.8. The van der Waals surface area contributed by atoms with Crippen LogP contribution in [0.25, 0.3) is 11.0 Å². The summed E-state index contributed by atoms with van der Waals surface area (Å²) in [5.74, 6) is 2.25. The van der Waals surface area contributed by atoms with Gasteiger partial charge in [-0.15, -0.1) is 0 Å². The lowest BCUT2D eigenvalue weighted by Crippen LogP contribution is -2.32. The number of aryl methyl sites for hydroxylation is 2. The summed E-state index contributed by atoms with van der Waals surface area (Å²) >= 11 is 0. The van der Waals surface area contributed by atoms with Gasteiger partial charge in [0, 0.05) is 6.26 Å². The molecular weight excluding hydrogens is 376 g/mol. The van der Waals surface area contributed by atoms with Crippen LogP contribution in [0.15, 0.2) is 34.9 Å². The number of hydrogen-bond acceptors (Lipinski definition) is 5. The summed E-state index contributed by atoms with van der Waals surface area (Å²) in [5.41, 5.74) is 3.78. The first kappa shape index (κ1) is 18.8. The first-order valence-electron chi connectivity index (χ1n) is 9.24. The number of nitrogens with one attached hydrogen (secondary N) is 1. The fourth-order valence-corrected chi connectivity index (χ4v) is 3.81. The average Bonchev–Trinajstić information content (AvgIpc) is 3.00. The smallest absolute Gasteiger partial charge is 0.189 e. The molecule has 2 heterocycles. The number of rotatable bonds is 5. The van der Waals surface area contributed by atoms with Gasteiger partial charge < -0.3 is 14.0 Å². The molecule has 0 saturated carbocycles. The third-order valence-electron chi connectivity index (χ3n) is 4.98. The number of nitrogens with zero attached hydrogens (tertiary/aromatic N) is 1. The lowest BCUT2D eigenvalue weighted by Gasteiger charge is -2.32. The number of fused-ring (bicyclic) bond motifs is 2. The molecule has 0 spiro atoms. The third-order valence-corrected chi connectivity index (χ3v) is 5.46. The maximum absolute atomic E-state index is 11.4. The van der Waals surface area contributed by atoms with Gasteiger partial charge in [-0.2, -0.15) is 0 Å². The van der Waals surface area contributed by atoms with Gasteiger partial charge in [-0.3, -0.25) is 4.72 Å². The van der Waals surface area contributed by atoms with Crippen molar-refractivity contribution < 1.29 is 18.2 Å². The summed E-state index contributed by atoms with van der Waals surface area (Å²) in [6, 6.07) is 9.89. The van der Waals surface area contributed by atoms with E-state index in [1.807, 2.05) is 31.2 Å². The van der Waals surface area contributed by atoms with E-state index in [1.165, 1.54) is 5.56 Å². The van der Waals surface area contributed by atoms with Crippen molar-refractivity contribution in [3.05, 3.63) is 47.0 Å². The summed E-state index contributed by atoms with van der Waals surface area (Å²) in [6.45, 7) is 6.67. The minimum absolute atomic E-state index is 0.114. The molecule has 0 aliphatic carbocycles. The van der Waals surface area contributed by atoms with Gasteiger partial charge in [-0.1, -0.05) is 5.16 Å². The lowest BCUT2D eigenvalue weighted by molar-refractivity contribution is 0.0844. The summed E-state index contributed by atoms with van der Waals surface area (Å²) in [5, 5.41) is 4.77. The number of ether oxygens (including phenoxy) is 2. The van der Waals surface area contributed by atoms with Crippen LogP contribution in [0.2, 0.25) is 0 Å². The van der Waals surface area contributed by atoms with Crippen LogP contribution in [-0.4, -0.2) is 21.2 Å². The molecule has 3 aromatic rings. The van der Waals surface area contributed by atoms with Gasteiger partial charge >= 0.3 is 0 Å². The zero-order valence-electron chi connectivity index (χ0n) is 16.5.